The molecule has 0 bridgehead atoms. The Balaban J connectivity index is 1.42. The summed E-state index contributed by atoms with van der Waals surface area (Å²) in [6, 6.07) is 35.3. The summed E-state index contributed by atoms with van der Waals surface area (Å²) in [4.78, 5) is 0. The number of aromatic nitrogens is 1. The molecule has 174 valence electrons. The molecule has 0 spiro atoms. The zero-order valence-corrected chi connectivity index (χ0v) is 21.6. The highest BCUT2D eigenvalue weighted by Crippen LogP contribution is 2.50. The van der Waals surface area contributed by atoms with Crippen LogP contribution in [0.15, 0.2) is 108 Å². The summed E-state index contributed by atoms with van der Waals surface area (Å²) in [6.07, 6.45) is 0. The maximum Gasteiger partial charge on any atom is 0.123 e. The molecule has 0 unspecified atom stereocenters. The van der Waals surface area contributed by atoms with Gasteiger partial charge in [0.15, 0.2) is 0 Å². The van der Waals surface area contributed by atoms with Crippen molar-refractivity contribution in [3.8, 4) is 27.9 Å². The van der Waals surface area contributed by atoms with Crippen LogP contribution in [0.2, 0.25) is 0 Å². The SMILES string of the molecule is CC1(C)c2cc(Br)ccc2-c2ccc(-c3ccc4c(c3)c3ccccc3n4-c3ccc(F)cc3)cc21. The fourth-order valence-electron chi connectivity index (χ4n) is 5.91. The van der Waals surface area contributed by atoms with Crippen LogP contribution in [-0.4, -0.2) is 4.57 Å². The van der Waals surface area contributed by atoms with E-state index in [1.54, 1.807) is 0 Å². The van der Waals surface area contributed by atoms with Gasteiger partial charge in [0.05, 0.1) is 11.0 Å². The maximum atomic E-state index is 13.6. The van der Waals surface area contributed by atoms with Gasteiger partial charge in [-0.25, -0.2) is 4.39 Å². The molecule has 0 aliphatic heterocycles. The van der Waals surface area contributed by atoms with Crippen LogP contribution >= 0.6 is 15.9 Å². The van der Waals surface area contributed by atoms with Crippen LogP contribution in [0.4, 0.5) is 4.39 Å². The van der Waals surface area contributed by atoms with E-state index in [1.807, 2.05) is 12.1 Å². The first-order valence-corrected chi connectivity index (χ1v) is 13.0. The van der Waals surface area contributed by atoms with Crippen molar-refractivity contribution in [3.63, 3.8) is 0 Å². The number of benzene rings is 5. The van der Waals surface area contributed by atoms with Crippen LogP contribution in [0.5, 0.6) is 0 Å². The number of para-hydroxylation sites is 1. The molecule has 3 heteroatoms. The summed E-state index contributed by atoms with van der Waals surface area (Å²) in [7, 11) is 0. The number of fused-ring (bicyclic) bond motifs is 6. The lowest BCUT2D eigenvalue weighted by atomic mass is 9.81. The minimum atomic E-state index is -0.226. The van der Waals surface area contributed by atoms with Crippen molar-refractivity contribution in [3.05, 3.63) is 125 Å². The predicted molar refractivity (Wildman–Crippen MR) is 151 cm³/mol. The number of nitrogens with zero attached hydrogens (tertiary/aromatic N) is 1. The Morgan fingerprint density at radius 1 is 0.639 bits per heavy atom. The van der Waals surface area contributed by atoms with Gasteiger partial charge in [0.2, 0.25) is 0 Å². The molecule has 5 aromatic carbocycles. The van der Waals surface area contributed by atoms with E-state index in [-0.39, 0.29) is 11.2 Å². The average Bonchev–Trinajstić information content (AvgIpc) is 3.33. The Kier molecular flexibility index (Phi) is 4.59. The smallest absolute Gasteiger partial charge is 0.123 e. The highest BCUT2D eigenvalue weighted by Gasteiger charge is 2.35. The van der Waals surface area contributed by atoms with E-state index in [4.69, 9.17) is 0 Å². The molecule has 1 nitrogen and oxygen atoms in total. The largest absolute Gasteiger partial charge is 0.309 e. The minimum Gasteiger partial charge on any atom is -0.309 e. The second kappa shape index (κ2) is 7.65. The first kappa shape index (κ1) is 21.6. The van der Waals surface area contributed by atoms with E-state index in [9.17, 15) is 4.39 Å². The summed E-state index contributed by atoms with van der Waals surface area (Å²) >= 11 is 3.66. The Hall–Kier alpha value is -3.69. The third-order valence-electron chi connectivity index (χ3n) is 7.73. The van der Waals surface area contributed by atoms with Gasteiger partial charge >= 0.3 is 0 Å². The topological polar surface area (TPSA) is 4.93 Å². The van der Waals surface area contributed by atoms with E-state index in [2.05, 4.69) is 113 Å². The Labute approximate surface area is 218 Å². The Bertz CT molecular complexity index is 1830. The van der Waals surface area contributed by atoms with Gasteiger partial charge in [0.25, 0.3) is 0 Å². The number of rotatable bonds is 2. The molecule has 0 fully saturated rings. The Morgan fingerprint density at radius 3 is 2.08 bits per heavy atom. The quantitative estimate of drug-likeness (QED) is 0.209. The average molecular weight is 532 g/mol. The standard InChI is InChI=1S/C33H23BrFN/c1-33(2)29-18-21(7-14-25(29)26-15-9-22(34)19-30(26)33)20-8-16-32-28(17-20)27-5-3-4-6-31(27)36(32)24-12-10-23(35)11-13-24/h3-19H,1-2H3. The van der Waals surface area contributed by atoms with Crippen molar-refractivity contribution < 1.29 is 4.39 Å². The normalized spacial score (nSPS) is 13.8. The summed E-state index contributed by atoms with van der Waals surface area (Å²) in [5, 5.41) is 2.39. The second-order valence-corrected chi connectivity index (χ2v) is 11.1. The molecule has 0 saturated heterocycles. The summed E-state index contributed by atoms with van der Waals surface area (Å²) in [5.41, 5.74) is 10.9. The van der Waals surface area contributed by atoms with Gasteiger partial charge < -0.3 is 4.57 Å². The monoisotopic (exact) mass is 531 g/mol. The highest BCUT2D eigenvalue weighted by molar-refractivity contribution is 9.10. The highest BCUT2D eigenvalue weighted by atomic mass is 79.9. The zero-order valence-electron chi connectivity index (χ0n) is 20.0. The predicted octanol–water partition coefficient (Wildman–Crippen LogP) is 9.66. The van der Waals surface area contributed by atoms with Gasteiger partial charge in [-0.15, -0.1) is 0 Å². The fourth-order valence-corrected chi connectivity index (χ4v) is 6.27. The van der Waals surface area contributed by atoms with Crippen molar-refractivity contribution in [1.82, 2.24) is 4.57 Å². The molecule has 0 saturated carbocycles. The number of hydrogen-bond donors (Lipinski definition) is 0. The fraction of sp³-hybridized carbons (Fsp3) is 0.0909. The van der Waals surface area contributed by atoms with E-state index in [1.165, 1.54) is 56.3 Å². The third kappa shape index (κ3) is 3.06. The molecule has 7 rings (SSSR count). The maximum absolute atomic E-state index is 13.6. The molecule has 0 N–H and O–H groups in total. The molecule has 1 aliphatic rings. The molecule has 0 radical (unpaired) electrons. The van der Waals surface area contributed by atoms with E-state index >= 15 is 0 Å². The van der Waals surface area contributed by atoms with Gasteiger partial charge in [-0.05, 0) is 94.0 Å². The van der Waals surface area contributed by atoms with Crippen molar-refractivity contribution in [2.45, 2.75) is 19.3 Å². The van der Waals surface area contributed by atoms with Gasteiger partial charge in [-0.3, -0.25) is 0 Å². The van der Waals surface area contributed by atoms with Crippen LogP contribution in [-0.2, 0) is 5.41 Å². The third-order valence-corrected chi connectivity index (χ3v) is 8.22. The van der Waals surface area contributed by atoms with Crippen LogP contribution in [0.3, 0.4) is 0 Å². The number of halogens is 2. The van der Waals surface area contributed by atoms with Crippen LogP contribution in [0.25, 0.3) is 49.7 Å². The number of hydrogen-bond acceptors (Lipinski definition) is 0. The summed E-state index contributed by atoms with van der Waals surface area (Å²) in [5.74, 6) is -0.226. The van der Waals surface area contributed by atoms with Crippen molar-refractivity contribution in [2.75, 3.05) is 0 Å². The van der Waals surface area contributed by atoms with Crippen molar-refractivity contribution in [1.29, 1.82) is 0 Å². The van der Waals surface area contributed by atoms with Crippen LogP contribution < -0.4 is 0 Å². The molecule has 0 atom stereocenters. The lowest BCUT2D eigenvalue weighted by Crippen LogP contribution is -2.15. The minimum absolute atomic E-state index is 0.0623. The molecular weight excluding hydrogens is 509 g/mol. The molecule has 1 heterocycles. The lowest BCUT2D eigenvalue weighted by molar-refractivity contribution is 0.627. The lowest BCUT2D eigenvalue weighted by Gasteiger charge is -2.22. The van der Waals surface area contributed by atoms with Crippen LogP contribution in [0, 0.1) is 5.82 Å². The van der Waals surface area contributed by atoms with E-state index in [0.29, 0.717) is 0 Å². The van der Waals surface area contributed by atoms with E-state index < -0.39 is 0 Å². The van der Waals surface area contributed by atoms with Gasteiger partial charge in [0, 0.05) is 26.3 Å². The molecule has 0 amide bonds. The second-order valence-electron chi connectivity index (χ2n) is 10.1. The molecular formula is C33H23BrFN. The summed E-state index contributed by atoms with van der Waals surface area (Å²) in [6.45, 7) is 4.63. The Morgan fingerprint density at radius 2 is 1.28 bits per heavy atom. The van der Waals surface area contributed by atoms with Gasteiger partial charge in [-0.2, -0.15) is 0 Å². The van der Waals surface area contributed by atoms with Gasteiger partial charge in [-0.1, -0.05) is 72.2 Å². The van der Waals surface area contributed by atoms with E-state index in [0.717, 1.165) is 21.2 Å². The molecule has 6 aromatic rings. The van der Waals surface area contributed by atoms with Gasteiger partial charge in [0.1, 0.15) is 5.82 Å². The molecule has 1 aliphatic carbocycles. The van der Waals surface area contributed by atoms with Crippen molar-refractivity contribution in [2.24, 2.45) is 0 Å². The summed E-state index contributed by atoms with van der Waals surface area (Å²) < 4.78 is 17.0. The first-order chi connectivity index (χ1) is 17.4. The first-order valence-electron chi connectivity index (χ1n) is 12.2. The molecule has 36 heavy (non-hydrogen) atoms. The molecule has 1 aromatic heterocycles. The zero-order chi connectivity index (χ0) is 24.6. The van der Waals surface area contributed by atoms with Crippen molar-refractivity contribution >= 4 is 37.7 Å². The van der Waals surface area contributed by atoms with Crippen LogP contribution in [0.1, 0.15) is 25.0 Å².